The normalized spacial score (nSPS) is 14.8. The van der Waals surface area contributed by atoms with Crippen molar-refractivity contribution < 1.29 is 22.4 Å². The molecule has 2 N–H and O–H groups in total. The number of rotatable bonds is 8. The number of nitrogens with one attached hydrogen (secondary N) is 2. The van der Waals surface area contributed by atoms with E-state index in [2.05, 4.69) is 10.0 Å². The molecule has 1 aliphatic rings. The van der Waals surface area contributed by atoms with Crippen LogP contribution in [0, 0.1) is 19.7 Å². The predicted octanol–water partition coefficient (Wildman–Crippen LogP) is 1.89. The molecule has 1 fully saturated rings. The van der Waals surface area contributed by atoms with E-state index in [1.807, 2.05) is 36.9 Å². The Morgan fingerprint density at radius 1 is 0.970 bits per heavy atom. The highest BCUT2D eigenvalue weighted by atomic mass is 32.2. The first-order chi connectivity index (χ1) is 15.7. The molecule has 0 unspecified atom stereocenters. The summed E-state index contributed by atoms with van der Waals surface area (Å²) >= 11 is 0. The number of benzene rings is 2. The molecule has 178 valence electrons. The Bertz CT molecular complexity index is 1080. The van der Waals surface area contributed by atoms with E-state index in [9.17, 15) is 22.4 Å². The average Bonchev–Trinajstić information content (AvgIpc) is 2.77. The van der Waals surface area contributed by atoms with Crippen LogP contribution in [0.1, 0.15) is 17.5 Å². The summed E-state index contributed by atoms with van der Waals surface area (Å²) < 4.78 is 39.8. The lowest BCUT2D eigenvalue weighted by Crippen LogP contribution is -2.50. The second kappa shape index (κ2) is 10.9. The van der Waals surface area contributed by atoms with E-state index in [0.29, 0.717) is 26.2 Å². The number of amides is 2. The quantitative estimate of drug-likeness (QED) is 0.606. The van der Waals surface area contributed by atoms with E-state index in [0.717, 1.165) is 28.9 Å². The topological polar surface area (TPSA) is 98.8 Å². The zero-order chi connectivity index (χ0) is 24.0. The fraction of sp³-hybridized carbons (Fsp3) is 0.391. The molecule has 0 bridgehead atoms. The van der Waals surface area contributed by atoms with Gasteiger partial charge in [-0.1, -0.05) is 18.2 Å². The second-order valence-electron chi connectivity index (χ2n) is 8.07. The summed E-state index contributed by atoms with van der Waals surface area (Å²) in [6.45, 7) is 6.17. The van der Waals surface area contributed by atoms with Crippen molar-refractivity contribution in [3.63, 3.8) is 0 Å². The molecule has 8 nitrogen and oxygen atoms in total. The van der Waals surface area contributed by atoms with Gasteiger partial charge in [0.05, 0.1) is 11.4 Å². The standard InChI is InChI=1S/C23H29FN4O4S/c1-17-4-3-5-18(2)23(17)26-21(29)16-27-12-14-28(15-13-27)22(30)10-11-25-33(31,32)20-8-6-19(24)7-9-20/h3-9,25H,10-16H2,1-2H3,(H,26,29). The maximum atomic E-state index is 13.0. The lowest BCUT2D eigenvalue weighted by molar-refractivity contribution is -0.132. The predicted molar refractivity (Wildman–Crippen MR) is 124 cm³/mol. The number of carbonyl (C=O) groups is 2. The molecule has 2 amide bonds. The first kappa shape index (κ1) is 24.8. The number of carbonyl (C=O) groups excluding carboxylic acids is 2. The monoisotopic (exact) mass is 476 g/mol. The van der Waals surface area contributed by atoms with Crippen LogP contribution in [-0.2, 0) is 19.6 Å². The molecule has 0 radical (unpaired) electrons. The number of anilines is 1. The molecule has 2 aromatic carbocycles. The molecule has 1 aliphatic heterocycles. The van der Waals surface area contributed by atoms with Gasteiger partial charge >= 0.3 is 0 Å². The lowest BCUT2D eigenvalue weighted by atomic mass is 10.1. The van der Waals surface area contributed by atoms with Crippen LogP contribution in [0.2, 0.25) is 0 Å². The van der Waals surface area contributed by atoms with E-state index in [4.69, 9.17) is 0 Å². The number of piperazine rings is 1. The molecular formula is C23H29FN4O4S. The Balaban J connectivity index is 1.40. The van der Waals surface area contributed by atoms with Crippen molar-refractivity contribution in [3.8, 4) is 0 Å². The highest BCUT2D eigenvalue weighted by Crippen LogP contribution is 2.19. The molecule has 1 heterocycles. The largest absolute Gasteiger partial charge is 0.340 e. The van der Waals surface area contributed by atoms with E-state index < -0.39 is 15.8 Å². The van der Waals surface area contributed by atoms with Crippen molar-refractivity contribution in [3.05, 3.63) is 59.4 Å². The summed E-state index contributed by atoms with van der Waals surface area (Å²) in [7, 11) is -3.80. The van der Waals surface area contributed by atoms with Gasteiger partial charge in [-0.3, -0.25) is 14.5 Å². The van der Waals surface area contributed by atoms with Crippen molar-refractivity contribution in [2.75, 3.05) is 44.6 Å². The Morgan fingerprint density at radius 2 is 1.58 bits per heavy atom. The summed E-state index contributed by atoms with van der Waals surface area (Å²) in [4.78, 5) is 28.5. The van der Waals surface area contributed by atoms with Crippen LogP contribution in [0.4, 0.5) is 10.1 Å². The minimum atomic E-state index is -3.80. The van der Waals surface area contributed by atoms with Crippen molar-refractivity contribution in [1.29, 1.82) is 0 Å². The van der Waals surface area contributed by atoms with Gasteiger partial charge < -0.3 is 10.2 Å². The molecular weight excluding hydrogens is 447 g/mol. The highest BCUT2D eigenvalue weighted by molar-refractivity contribution is 7.89. The zero-order valence-corrected chi connectivity index (χ0v) is 19.6. The molecule has 0 aromatic heterocycles. The van der Waals surface area contributed by atoms with E-state index in [-0.39, 0.29) is 36.2 Å². The van der Waals surface area contributed by atoms with Gasteiger partial charge in [0.15, 0.2) is 0 Å². The van der Waals surface area contributed by atoms with Crippen molar-refractivity contribution in [2.45, 2.75) is 25.2 Å². The number of sulfonamides is 1. The van der Waals surface area contributed by atoms with Gasteiger partial charge in [0.25, 0.3) is 0 Å². The number of hydrogen-bond donors (Lipinski definition) is 2. The van der Waals surface area contributed by atoms with Crippen LogP contribution in [-0.4, -0.2) is 69.3 Å². The molecule has 0 saturated carbocycles. The first-order valence-electron chi connectivity index (χ1n) is 10.8. The van der Waals surface area contributed by atoms with E-state index in [1.54, 1.807) is 4.90 Å². The number of para-hydroxylation sites is 1. The third-order valence-electron chi connectivity index (χ3n) is 5.59. The smallest absolute Gasteiger partial charge is 0.240 e. The molecule has 10 heteroatoms. The summed E-state index contributed by atoms with van der Waals surface area (Å²) in [6.07, 6.45) is 0.0213. The highest BCUT2D eigenvalue weighted by Gasteiger charge is 2.23. The minimum absolute atomic E-state index is 0.0213. The number of aryl methyl sites for hydroxylation is 2. The van der Waals surface area contributed by atoms with Crippen LogP contribution in [0.25, 0.3) is 0 Å². The van der Waals surface area contributed by atoms with Gasteiger partial charge in [0, 0.05) is 44.8 Å². The Labute approximate surface area is 193 Å². The van der Waals surface area contributed by atoms with E-state index >= 15 is 0 Å². The van der Waals surface area contributed by atoms with Gasteiger partial charge in [-0.2, -0.15) is 0 Å². The maximum absolute atomic E-state index is 13.0. The number of halogens is 1. The van der Waals surface area contributed by atoms with E-state index in [1.165, 1.54) is 12.1 Å². The van der Waals surface area contributed by atoms with Gasteiger partial charge in [-0.15, -0.1) is 0 Å². The summed E-state index contributed by atoms with van der Waals surface area (Å²) in [6, 6.07) is 10.3. The number of hydrogen-bond acceptors (Lipinski definition) is 5. The van der Waals surface area contributed by atoms with Crippen LogP contribution in [0.3, 0.4) is 0 Å². The Morgan fingerprint density at radius 3 is 2.18 bits per heavy atom. The summed E-state index contributed by atoms with van der Waals surface area (Å²) in [5.41, 5.74) is 2.85. The molecule has 1 saturated heterocycles. The molecule has 0 spiro atoms. The molecule has 0 aliphatic carbocycles. The van der Waals surface area contributed by atoms with Gasteiger partial charge in [-0.05, 0) is 49.2 Å². The van der Waals surface area contributed by atoms with Crippen LogP contribution >= 0.6 is 0 Å². The third-order valence-corrected chi connectivity index (χ3v) is 7.07. The van der Waals surface area contributed by atoms with Gasteiger partial charge in [-0.25, -0.2) is 17.5 Å². The van der Waals surface area contributed by atoms with Gasteiger partial charge in [0.1, 0.15) is 5.82 Å². The fourth-order valence-corrected chi connectivity index (χ4v) is 4.73. The van der Waals surface area contributed by atoms with Gasteiger partial charge in [0.2, 0.25) is 21.8 Å². The fourth-order valence-electron chi connectivity index (χ4n) is 3.70. The molecule has 33 heavy (non-hydrogen) atoms. The van der Waals surface area contributed by atoms with Crippen molar-refractivity contribution in [2.24, 2.45) is 0 Å². The molecule has 0 atom stereocenters. The zero-order valence-electron chi connectivity index (χ0n) is 18.8. The maximum Gasteiger partial charge on any atom is 0.240 e. The molecule has 2 aromatic rings. The summed E-state index contributed by atoms with van der Waals surface area (Å²) in [5.74, 6) is -0.773. The first-order valence-corrected chi connectivity index (χ1v) is 12.3. The van der Waals surface area contributed by atoms with Crippen LogP contribution in [0.5, 0.6) is 0 Å². The SMILES string of the molecule is Cc1cccc(C)c1NC(=O)CN1CCN(C(=O)CCNS(=O)(=O)c2ccc(F)cc2)CC1. The third kappa shape index (κ3) is 6.83. The second-order valence-corrected chi connectivity index (χ2v) is 9.84. The average molecular weight is 477 g/mol. The van der Waals surface area contributed by atoms with Crippen LogP contribution < -0.4 is 10.0 Å². The van der Waals surface area contributed by atoms with Crippen molar-refractivity contribution >= 4 is 27.5 Å². The number of nitrogens with zero attached hydrogens (tertiary/aromatic N) is 2. The lowest BCUT2D eigenvalue weighted by Gasteiger charge is -2.34. The van der Waals surface area contributed by atoms with Crippen molar-refractivity contribution in [1.82, 2.24) is 14.5 Å². The minimum Gasteiger partial charge on any atom is -0.340 e. The van der Waals surface area contributed by atoms with Crippen LogP contribution in [0.15, 0.2) is 47.4 Å². The summed E-state index contributed by atoms with van der Waals surface area (Å²) in [5, 5.41) is 2.97. The Kier molecular flexibility index (Phi) is 8.17. The Hall–Kier alpha value is -2.82. The molecule has 3 rings (SSSR count).